The van der Waals surface area contributed by atoms with Gasteiger partial charge in [-0.2, -0.15) is 4.98 Å². The zero-order valence-electron chi connectivity index (χ0n) is 10.9. The van der Waals surface area contributed by atoms with Gasteiger partial charge in [-0.25, -0.2) is 0 Å². The fraction of sp³-hybridized carbons (Fsp3) is 0.846. The molecule has 0 aromatic carbocycles. The molecule has 1 saturated carbocycles. The highest BCUT2D eigenvalue weighted by Gasteiger charge is 2.39. The second-order valence-electron chi connectivity index (χ2n) is 5.50. The lowest BCUT2D eigenvalue weighted by Gasteiger charge is -2.34. The average Bonchev–Trinajstić information content (AvgIpc) is 3.15. The molecule has 18 heavy (non-hydrogen) atoms. The Morgan fingerprint density at radius 3 is 2.83 bits per heavy atom. The minimum absolute atomic E-state index is 0.0535. The maximum atomic E-state index is 5.42. The van der Waals surface area contributed by atoms with Crippen LogP contribution < -0.4 is 5.32 Å². The van der Waals surface area contributed by atoms with E-state index in [2.05, 4.69) is 15.5 Å². The molecule has 1 aliphatic heterocycles. The van der Waals surface area contributed by atoms with Crippen LogP contribution in [0.25, 0.3) is 0 Å². The van der Waals surface area contributed by atoms with E-state index in [1.54, 1.807) is 7.11 Å². The normalized spacial score (nSPS) is 23.2. The molecular formula is C13H21N3O2. The van der Waals surface area contributed by atoms with E-state index in [1.165, 1.54) is 12.8 Å². The molecule has 5 nitrogen and oxygen atoms in total. The zero-order chi connectivity index (χ0) is 12.4. The topological polar surface area (TPSA) is 60.2 Å². The summed E-state index contributed by atoms with van der Waals surface area (Å²) in [6.45, 7) is 2.81. The van der Waals surface area contributed by atoms with Crippen LogP contribution in [0.3, 0.4) is 0 Å². The Labute approximate surface area is 107 Å². The van der Waals surface area contributed by atoms with Gasteiger partial charge in [-0.15, -0.1) is 0 Å². The van der Waals surface area contributed by atoms with Gasteiger partial charge in [0.15, 0.2) is 5.82 Å². The Morgan fingerprint density at radius 2 is 2.17 bits per heavy atom. The van der Waals surface area contributed by atoms with Gasteiger partial charge < -0.3 is 14.6 Å². The first-order valence-corrected chi connectivity index (χ1v) is 6.88. The number of methoxy groups -OCH3 is 1. The third-order valence-electron chi connectivity index (χ3n) is 4.19. The molecule has 1 N–H and O–H groups in total. The summed E-state index contributed by atoms with van der Waals surface area (Å²) in [6, 6.07) is 0. The Bertz CT molecular complexity index is 395. The monoisotopic (exact) mass is 251 g/mol. The molecule has 3 rings (SSSR count). The third kappa shape index (κ3) is 2.29. The van der Waals surface area contributed by atoms with Gasteiger partial charge in [0, 0.05) is 25.0 Å². The van der Waals surface area contributed by atoms with E-state index in [9.17, 15) is 0 Å². The standard InChI is InChI=1S/C13H21N3O2/c1-17-9-6-13(4-7-14-8-5-13)12-15-11(18-16-12)10-2-3-10/h10,14H,2-9H2,1H3. The molecule has 1 aromatic rings. The third-order valence-corrected chi connectivity index (χ3v) is 4.19. The van der Waals surface area contributed by atoms with Crippen LogP contribution in [0.1, 0.15) is 49.7 Å². The largest absolute Gasteiger partial charge is 0.385 e. The van der Waals surface area contributed by atoms with Crippen molar-refractivity contribution < 1.29 is 9.26 Å². The minimum Gasteiger partial charge on any atom is -0.385 e. The second kappa shape index (κ2) is 4.97. The Balaban J connectivity index is 1.81. The van der Waals surface area contributed by atoms with Crippen molar-refractivity contribution in [3.63, 3.8) is 0 Å². The van der Waals surface area contributed by atoms with Gasteiger partial charge in [0.25, 0.3) is 0 Å². The highest BCUT2D eigenvalue weighted by molar-refractivity contribution is 5.12. The molecule has 0 bridgehead atoms. The Morgan fingerprint density at radius 1 is 1.39 bits per heavy atom. The van der Waals surface area contributed by atoms with E-state index in [0.717, 1.165) is 50.7 Å². The van der Waals surface area contributed by atoms with E-state index in [-0.39, 0.29) is 5.41 Å². The van der Waals surface area contributed by atoms with Crippen LogP contribution in [0.4, 0.5) is 0 Å². The van der Waals surface area contributed by atoms with E-state index < -0.39 is 0 Å². The number of nitrogens with zero attached hydrogens (tertiary/aromatic N) is 2. The maximum Gasteiger partial charge on any atom is 0.229 e. The molecule has 0 unspecified atom stereocenters. The summed E-state index contributed by atoms with van der Waals surface area (Å²) in [5.41, 5.74) is 0.0535. The number of piperidine rings is 1. The van der Waals surface area contributed by atoms with Gasteiger partial charge in [0.05, 0.1) is 0 Å². The van der Waals surface area contributed by atoms with Crippen molar-refractivity contribution >= 4 is 0 Å². The molecule has 1 aromatic heterocycles. The maximum absolute atomic E-state index is 5.42. The Kier molecular flexibility index (Phi) is 3.35. The van der Waals surface area contributed by atoms with E-state index in [4.69, 9.17) is 9.26 Å². The number of ether oxygens (including phenoxy) is 1. The fourth-order valence-corrected chi connectivity index (χ4v) is 2.73. The van der Waals surface area contributed by atoms with Crippen molar-refractivity contribution in [3.8, 4) is 0 Å². The molecule has 1 aliphatic carbocycles. The molecule has 5 heteroatoms. The summed E-state index contributed by atoms with van der Waals surface area (Å²) < 4.78 is 10.7. The van der Waals surface area contributed by atoms with Gasteiger partial charge in [-0.1, -0.05) is 5.16 Å². The van der Waals surface area contributed by atoms with Crippen LogP contribution in [0.5, 0.6) is 0 Å². The van der Waals surface area contributed by atoms with E-state index in [0.29, 0.717) is 5.92 Å². The summed E-state index contributed by atoms with van der Waals surface area (Å²) in [5.74, 6) is 2.29. The summed E-state index contributed by atoms with van der Waals surface area (Å²) >= 11 is 0. The summed E-state index contributed by atoms with van der Waals surface area (Å²) in [5, 5.41) is 7.66. The molecule has 0 radical (unpaired) electrons. The molecule has 0 amide bonds. The van der Waals surface area contributed by atoms with Crippen molar-refractivity contribution in [2.45, 2.75) is 43.4 Å². The predicted octanol–water partition coefficient (Wildman–Crippen LogP) is 1.60. The molecule has 100 valence electrons. The van der Waals surface area contributed by atoms with Gasteiger partial charge in [0.1, 0.15) is 0 Å². The number of nitrogens with one attached hydrogen (secondary N) is 1. The van der Waals surface area contributed by atoms with Crippen LogP contribution in [0.15, 0.2) is 4.52 Å². The smallest absolute Gasteiger partial charge is 0.229 e. The molecule has 2 aliphatic rings. The van der Waals surface area contributed by atoms with Crippen molar-refractivity contribution in [2.75, 3.05) is 26.8 Å². The Hall–Kier alpha value is -0.940. The highest BCUT2D eigenvalue weighted by atomic mass is 16.5. The van der Waals surface area contributed by atoms with Crippen LogP contribution in [0, 0.1) is 0 Å². The van der Waals surface area contributed by atoms with Crippen molar-refractivity contribution in [1.29, 1.82) is 0 Å². The first-order chi connectivity index (χ1) is 8.84. The SMILES string of the molecule is COCCC1(c2noc(C3CC3)n2)CCNCC1. The first-order valence-electron chi connectivity index (χ1n) is 6.88. The van der Waals surface area contributed by atoms with Gasteiger partial charge in [-0.05, 0) is 45.2 Å². The fourth-order valence-electron chi connectivity index (χ4n) is 2.73. The molecule has 0 spiro atoms. The quantitative estimate of drug-likeness (QED) is 0.861. The molecule has 0 atom stereocenters. The van der Waals surface area contributed by atoms with Crippen LogP contribution >= 0.6 is 0 Å². The number of hydrogen-bond donors (Lipinski definition) is 1. The van der Waals surface area contributed by atoms with Crippen molar-refractivity contribution in [2.24, 2.45) is 0 Å². The summed E-state index contributed by atoms with van der Waals surface area (Å²) in [7, 11) is 1.75. The lowest BCUT2D eigenvalue weighted by atomic mass is 9.75. The van der Waals surface area contributed by atoms with Crippen molar-refractivity contribution in [1.82, 2.24) is 15.5 Å². The van der Waals surface area contributed by atoms with Crippen molar-refractivity contribution in [3.05, 3.63) is 11.7 Å². The first kappa shape index (κ1) is 12.1. The van der Waals surface area contributed by atoms with Crippen LogP contribution in [0.2, 0.25) is 0 Å². The summed E-state index contributed by atoms with van der Waals surface area (Å²) in [6.07, 6.45) is 5.53. The summed E-state index contributed by atoms with van der Waals surface area (Å²) in [4.78, 5) is 4.66. The van der Waals surface area contributed by atoms with Crippen LogP contribution in [-0.2, 0) is 10.2 Å². The number of rotatable bonds is 5. The van der Waals surface area contributed by atoms with Gasteiger partial charge in [0.2, 0.25) is 5.89 Å². The minimum atomic E-state index is 0.0535. The second-order valence-corrected chi connectivity index (χ2v) is 5.50. The van der Waals surface area contributed by atoms with Crippen LogP contribution in [-0.4, -0.2) is 36.9 Å². The molecule has 2 fully saturated rings. The lowest BCUT2D eigenvalue weighted by molar-refractivity contribution is 0.146. The van der Waals surface area contributed by atoms with E-state index >= 15 is 0 Å². The average molecular weight is 251 g/mol. The highest BCUT2D eigenvalue weighted by Crippen LogP contribution is 2.41. The zero-order valence-corrected chi connectivity index (χ0v) is 10.9. The van der Waals surface area contributed by atoms with Gasteiger partial charge >= 0.3 is 0 Å². The van der Waals surface area contributed by atoms with Gasteiger partial charge in [-0.3, -0.25) is 0 Å². The van der Waals surface area contributed by atoms with E-state index in [1.807, 2.05) is 0 Å². The molecular weight excluding hydrogens is 230 g/mol. The molecule has 2 heterocycles. The predicted molar refractivity (Wildman–Crippen MR) is 66.5 cm³/mol. The number of hydrogen-bond acceptors (Lipinski definition) is 5. The molecule has 1 saturated heterocycles. The number of aromatic nitrogens is 2. The lowest BCUT2D eigenvalue weighted by Crippen LogP contribution is -2.41.